The average molecular weight is 567 g/mol. The van der Waals surface area contributed by atoms with Gasteiger partial charge in [-0.2, -0.15) is 0 Å². The molecule has 0 radical (unpaired) electrons. The smallest absolute Gasteiger partial charge is 0.164 e. The fraction of sp³-hybridized carbons (Fsp3) is 0.0513. The summed E-state index contributed by atoms with van der Waals surface area (Å²) < 4.78 is 9.07. The Kier molecular flexibility index (Phi) is 5.56. The molecule has 0 fully saturated rings. The van der Waals surface area contributed by atoms with Gasteiger partial charge in [-0.25, -0.2) is 15.0 Å². The molecule has 0 spiro atoms. The van der Waals surface area contributed by atoms with Crippen molar-refractivity contribution >= 4 is 38.9 Å². The van der Waals surface area contributed by atoms with E-state index in [1.807, 2.05) is 72.8 Å². The summed E-state index contributed by atoms with van der Waals surface area (Å²) in [5.74, 6) is 1.93. The molecule has 0 unspecified atom stereocenters. The lowest BCUT2D eigenvalue weighted by Crippen LogP contribution is -2.02. The summed E-state index contributed by atoms with van der Waals surface area (Å²) in [5.41, 5.74) is 9.20. The predicted octanol–water partition coefficient (Wildman–Crippen LogP) is 9.68. The van der Waals surface area contributed by atoms with Gasteiger partial charge in [-0.15, -0.1) is 0 Å². The maximum Gasteiger partial charge on any atom is 0.164 e. The number of hydrogen-bond acceptors (Lipinski definition) is 4. The van der Waals surface area contributed by atoms with Gasteiger partial charge < -0.3 is 8.98 Å². The molecule has 5 heteroatoms. The van der Waals surface area contributed by atoms with Gasteiger partial charge in [0.05, 0.1) is 5.52 Å². The second-order valence-electron chi connectivity index (χ2n) is 11.1. The Morgan fingerprint density at radius 1 is 0.614 bits per heavy atom. The van der Waals surface area contributed by atoms with Crippen molar-refractivity contribution in [3.05, 3.63) is 139 Å². The number of furan rings is 1. The van der Waals surface area contributed by atoms with Crippen molar-refractivity contribution in [3.8, 4) is 39.9 Å². The van der Waals surface area contributed by atoms with Crippen molar-refractivity contribution in [2.75, 3.05) is 0 Å². The number of para-hydroxylation sites is 2. The third kappa shape index (κ3) is 3.83. The zero-order valence-corrected chi connectivity index (χ0v) is 23.8. The number of benzene rings is 5. The molecule has 3 aromatic heterocycles. The highest BCUT2D eigenvalue weighted by Gasteiger charge is 2.27. The Bertz CT molecular complexity index is 2310. The van der Waals surface area contributed by atoms with Crippen LogP contribution < -0.4 is 0 Å². The van der Waals surface area contributed by atoms with Crippen molar-refractivity contribution in [1.29, 1.82) is 0 Å². The minimum absolute atomic E-state index is 0.641. The number of allylic oxidation sites excluding steroid dienone is 1. The van der Waals surface area contributed by atoms with Crippen LogP contribution in [0.1, 0.15) is 17.7 Å². The van der Waals surface area contributed by atoms with Crippen LogP contribution in [0.2, 0.25) is 0 Å². The van der Waals surface area contributed by atoms with Gasteiger partial charge in [0.1, 0.15) is 5.58 Å². The Labute approximate surface area is 253 Å². The number of aromatic nitrogens is 4. The molecule has 0 saturated heterocycles. The van der Waals surface area contributed by atoms with Gasteiger partial charge in [0.2, 0.25) is 0 Å². The Balaban J connectivity index is 1.46. The highest BCUT2D eigenvalue weighted by molar-refractivity contribution is 6.20. The van der Waals surface area contributed by atoms with Crippen molar-refractivity contribution in [3.63, 3.8) is 0 Å². The fourth-order valence-corrected chi connectivity index (χ4v) is 6.54. The van der Waals surface area contributed by atoms with Crippen LogP contribution in [0.3, 0.4) is 0 Å². The van der Waals surface area contributed by atoms with E-state index in [-0.39, 0.29) is 0 Å². The summed E-state index contributed by atoms with van der Waals surface area (Å²) in [6.07, 6.45) is 6.44. The molecule has 0 N–H and O–H groups in total. The lowest BCUT2D eigenvalue weighted by atomic mass is 9.97. The van der Waals surface area contributed by atoms with Gasteiger partial charge >= 0.3 is 0 Å². The van der Waals surface area contributed by atoms with E-state index in [2.05, 4.69) is 65.3 Å². The first-order valence-electron chi connectivity index (χ1n) is 14.9. The summed E-state index contributed by atoms with van der Waals surface area (Å²) in [4.78, 5) is 15.3. The monoisotopic (exact) mass is 566 g/mol. The number of nitrogens with zero attached hydrogens (tertiary/aromatic N) is 4. The molecule has 0 aliphatic heterocycles. The highest BCUT2D eigenvalue weighted by Crippen LogP contribution is 2.45. The Morgan fingerprint density at radius 2 is 1.23 bits per heavy atom. The van der Waals surface area contributed by atoms with Crippen LogP contribution in [0.5, 0.6) is 0 Å². The molecule has 1 aliphatic carbocycles. The van der Waals surface area contributed by atoms with Crippen LogP contribution in [0.25, 0.3) is 78.8 Å². The minimum Gasteiger partial charge on any atom is -0.454 e. The SMILES string of the molecule is C1=Cc2c(n(-c3ccccc3)c3c2c(-c2nc(-c4ccccc4)nc(-c4ccccc4)n2)cc2c4ccccc4oc23)CC1. The fourth-order valence-electron chi connectivity index (χ4n) is 6.54. The van der Waals surface area contributed by atoms with E-state index in [4.69, 9.17) is 19.4 Å². The molecule has 0 atom stereocenters. The Hall–Kier alpha value is -5.81. The minimum atomic E-state index is 0.641. The zero-order chi connectivity index (χ0) is 29.0. The van der Waals surface area contributed by atoms with Gasteiger partial charge in [-0.1, -0.05) is 109 Å². The van der Waals surface area contributed by atoms with Crippen molar-refractivity contribution < 1.29 is 4.42 Å². The van der Waals surface area contributed by atoms with Crippen LogP contribution in [0.4, 0.5) is 0 Å². The lowest BCUT2D eigenvalue weighted by molar-refractivity contribution is 0.670. The largest absolute Gasteiger partial charge is 0.454 e. The van der Waals surface area contributed by atoms with Crippen LogP contribution in [0.15, 0.2) is 132 Å². The maximum absolute atomic E-state index is 6.68. The van der Waals surface area contributed by atoms with Crippen LogP contribution in [-0.4, -0.2) is 19.5 Å². The molecular formula is C39H26N4O. The summed E-state index contributed by atoms with van der Waals surface area (Å²) in [5, 5.41) is 3.21. The topological polar surface area (TPSA) is 56.7 Å². The second kappa shape index (κ2) is 9.89. The third-order valence-electron chi connectivity index (χ3n) is 8.50. The molecule has 8 aromatic rings. The van der Waals surface area contributed by atoms with E-state index in [0.717, 1.165) is 68.1 Å². The second-order valence-corrected chi connectivity index (χ2v) is 11.1. The average Bonchev–Trinajstić information content (AvgIpc) is 3.65. The van der Waals surface area contributed by atoms with E-state index >= 15 is 0 Å². The summed E-state index contributed by atoms with van der Waals surface area (Å²) in [6.45, 7) is 0. The first-order chi connectivity index (χ1) is 21.8. The molecule has 5 aromatic carbocycles. The third-order valence-corrected chi connectivity index (χ3v) is 8.50. The molecule has 5 nitrogen and oxygen atoms in total. The van der Waals surface area contributed by atoms with Gasteiger partial charge in [-0.3, -0.25) is 0 Å². The molecule has 9 rings (SSSR count). The standard InChI is InChI=1S/C39H26N4O/c1-4-14-25(15-5-1)37-40-38(26-16-6-2-7-17-26)42-39(41-37)31-24-30-28-20-11-13-23-33(28)44-36(30)35-34(31)29-21-10-12-22-32(29)43(35)27-18-8-3-9-19-27/h1-11,13-21,23-24H,12,22H2. The quantitative estimate of drug-likeness (QED) is 0.213. The van der Waals surface area contributed by atoms with Gasteiger partial charge in [0.25, 0.3) is 0 Å². The summed E-state index contributed by atoms with van der Waals surface area (Å²) in [7, 11) is 0. The molecule has 0 amide bonds. The van der Waals surface area contributed by atoms with E-state index in [9.17, 15) is 0 Å². The van der Waals surface area contributed by atoms with Crippen molar-refractivity contribution in [2.24, 2.45) is 0 Å². The molecule has 1 aliphatic rings. The van der Waals surface area contributed by atoms with Crippen LogP contribution in [0, 0.1) is 0 Å². The van der Waals surface area contributed by atoms with Crippen molar-refractivity contribution in [2.45, 2.75) is 12.8 Å². The highest BCUT2D eigenvalue weighted by atomic mass is 16.3. The number of rotatable bonds is 4. The predicted molar refractivity (Wildman–Crippen MR) is 178 cm³/mol. The molecule has 3 heterocycles. The first-order valence-corrected chi connectivity index (χ1v) is 14.9. The Morgan fingerprint density at radius 3 is 1.93 bits per heavy atom. The molecule has 0 saturated carbocycles. The summed E-state index contributed by atoms with van der Waals surface area (Å²) >= 11 is 0. The molecule has 208 valence electrons. The molecular weight excluding hydrogens is 540 g/mol. The zero-order valence-electron chi connectivity index (χ0n) is 23.8. The number of fused-ring (bicyclic) bond motifs is 7. The van der Waals surface area contributed by atoms with Crippen molar-refractivity contribution in [1.82, 2.24) is 19.5 Å². The van der Waals surface area contributed by atoms with Crippen LogP contribution in [-0.2, 0) is 6.42 Å². The van der Waals surface area contributed by atoms with Gasteiger partial charge in [0.15, 0.2) is 23.1 Å². The summed E-state index contributed by atoms with van der Waals surface area (Å²) in [6, 6.07) is 41.4. The van der Waals surface area contributed by atoms with Crippen LogP contribution >= 0.6 is 0 Å². The maximum atomic E-state index is 6.68. The first kappa shape index (κ1) is 24.8. The van der Waals surface area contributed by atoms with E-state index in [1.54, 1.807) is 0 Å². The molecule has 0 bridgehead atoms. The van der Waals surface area contributed by atoms with Gasteiger partial charge in [0, 0.05) is 49.8 Å². The van der Waals surface area contributed by atoms with E-state index < -0.39 is 0 Å². The number of hydrogen-bond donors (Lipinski definition) is 0. The van der Waals surface area contributed by atoms with E-state index in [0.29, 0.717) is 17.5 Å². The molecule has 44 heavy (non-hydrogen) atoms. The lowest BCUT2D eigenvalue weighted by Gasteiger charge is -2.13. The van der Waals surface area contributed by atoms with E-state index in [1.165, 1.54) is 11.3 Å². The van der Waals surface area contributed by atoms with Gasteiger partial charge in [-0.05, 0) is 37.1 Å². The normalized spacial score (nSPS) is 12.7.